The molecule has 0 bridgehead atoms. The summed E-state index contributed by atoms with van der Waals surface area (Å²) in [6.45, 7) is 0. The molecule has 10 heteroatoms. The van der Waals surface area contributed by atoms with E-state index in [1.165, 1.54) is 7.11 Å². The molecule has 1 atom stereocenters. The third-order valence-corrected chi connectivity index (χ3v) is 5.52. The highest BCUT2D eigenvalue weighted by Gasteiger charge is 2.24. The van der Waals surface area contributed by atoms with Crippen molar-refractivity contribution in [1.29, 1.82) is 0 Å². The Morgan fingerprint density at radius 1 is 0.943 bits per heavy atom. The first-order valence-corrected chi connectivity index (χ1v) is 11.1. The van der Waals surface area contributed by atoms with E-state index in [1.807, 2.05) is 0 Å². The minimum absolute atomic E-state index is 0.000688. The third kappa shape index (κ3) is 6.81. The largest absolute Gasteiger partial charge is 0.480 e. The van der Waals surface area contributed by atoms with Gasteiger partial charge in [0.05, 0.1) is 15.6 Å². The molecular formula is C25H21Cl2N3O5. The Morgan fingerprint density at radius 3 is 2.14 bits per heavy atom. The average molecular weight is 514 g/mol. The van der Waals surface area contributed by atoms with E-state index in [2.05, 4.69) is 15.8 Å². The van der Waals surface area contributed by atoms with Crippen molar-refractivity contribution < 1.29 is 24.3 Å². The zero-order chi connectivity index (χ0) is 25.4. The van der Waals surface area contributed by atoms with Crippen LogP contribution in [-0.2, 0) is 20.8 Å². The topological polar surface area (TPSA) is 117 Å². The van der Waals surface area contributed by atoms with Crippen LogP contribution in [0.15, 0.2) is 78.0 Å². The summed E-state index contributed by atoms with van der Waals surface area (Å²) >= 11 is 12.1. The quantitative estimate of drug-likeness (QED) is 0.289. The molecule has 35 heavy (non-hydrogen) atoms. The van der Waals surface area contributed by atoms with Crippen molar-refractivity contribution in [3.8, 4) is 0 Å². The predicted molar refractivity (Wildman–Crippen MR) is 134 cm³/mol. The molecule has 0 aliphatic heterocycles. The van der Waals surface area contributed by atoms with Crippen LogP contribution in [0.1, 0.15) is 21.5 Å². The third-order valence-electron chi connectivity index (χ3n) is 4.89. The number of halogens is 2. The van der Waals surface area contributed by atoms with Crippen LogP contribution in [0.25, 0.3) is 0 Å². The number of rotatable bonds is 9. The fraction of sp³-hybridized carbons (Fsp3) is 0.120. The predicted octanol–water partition coefficient (Wildman–Crippen LogP) is 4.41. The molecule has 3 aromatic rings. The lowest BCUT2D eigenvalue weighted by atomic mass is 10.0. The molecule has 0 aromatic heterocycles. The molecule has 3 rings (SSSR count). The fourth-order valence-corrected chi connectivity index (χ4v) is 3.78. The molecule has 0 aliphatic rings. The summed E-state index contributed by atoms with van der Waals surface area (Å²) in [7, 11) is 1.30. The molecule has 0 unspecified atom stereocenters. The van der Waals surface area contributed by atoms with Crippen LogP contribution in [-0.4, -0.2) is 41.8 Å². The van der Waals surface area contributed by atoms with E-state index in [4.69, 9.17) is 28.0 Å². The van der Waals surface area contributed by atoms with Crippen molar-refractivity contribution in [2.75, 3.05) is 12.4 Å². The molecule has 0 fully saturated rings. The highest BCUT2D eigenvalue weighted by atomic mass is 35.5. The number of nitrogens with one attached hydrogen (secondary N) is 2. The number of nitrogens with zero attached hydrogens (tertiary/aromatic N) is 1. The van der Waals surface area contributed by atoms with Gasteiger partial charge in [-0.05, 0) is 29.8 Å². The van der Waals surface area contributed by atoms with Crippen molar-refractivity contribution >= 4 is 52.4 Å². The molecule has 0 radical (unpaired) electrons. The van der Waals surface area contributed by atoms with Gasteiger partial charge in [0, 0.05) is 17.7 Å². The maximum atomic E-state index is 12.7. The van der Waals surface area contributed by atoms with E-state index >= 15 is 0 Å². The number of hydrogen-bond donors (Lipinski definition) is 3. The summed E-state index contributed by atoms with van der Waals surface area (Å²) < 4.78 is 0. The van der Waals surface area contributed by atoms with Gasteiger partial charge in [-0.3, -0.25) is 9.59 Å². The number of amides is 2. The highest BCUT2D eigenvalue weighted by molar-refractivity contribution is 6.45. The summed E-state index contributed by atoms with van der Waals surface area (Å²) in [4.78, 5) is 41.9. The Labute approximate surface area is 211 Å². The van der Waals surface area contributed by atoms with Gasteiger partial charge in [-0.1, -0.05) is 76.9 Å². The molecule has 0 aliphatic carbocycles. The van der Waals surface area contributed by atoms with Gasteiger partial charge in [0.25, 0.3) is 11.8 Å². The van der Waals surface area contributed by atoms with Crippen molar-refractivity contribution in [1.82, 2.24) is 5.32 Å². The first-order valence-electron chi connectivity index (χ1n) is 10.3. The van der Waals surface area contributed by atoms with Crippen LogP contribution in [0.4, 0.5) is 5.69 Å². The monoisotopic (exact) mass is 513 g/mol. The van der Waals surface area contributed by atoms with Gasteiger partial charge in [-0.25, -0.2) is 4.79 Å². The minimum Gasteiger partial charge on any atom is -0.480 e. The number of oxime groups is 1. The van der Waals surface area contributed by atoms with E-state index in [0.29, 0.717) is 16.8 Å². The van der Waals surface area contributed by atoms with Crippen molar-refractivity contribution in [3.05, 3.63) is 99.5 Å². The number of aliphatic carboxylic acids is 1. The second-order valence-electron chi connectivity index (χ2n) is 7.30. The molecule has 0 spiro atoms. The maximum Gasteiger partial charge on any atom is 0.326 e. The van der Waals surface area contributed by atoms with Gasteiger partial charge in [0.15, 0.2) is 5.71 Å². The molecule has 2 amide bonds. The Bertz CT molecular complexity index is 1230. The lowest BCUT2D eigenvalue weighted by Crippen LogP contribution is -2.45. The van der Waals surface area contributed by atoms with E-state index in [-0.39, 0.29) is 27.7 Å². The smallest absolute Gasteiger partial charge is 0.326 e. The van der Waals surface area contributed by atoms with E-state index < -0.39 is 23.8 Å². The zero-order valence-corrected chi connectivity index (χ0v) is 20.0. The number of carboxylic acids is 1. The van der Waals surface area contributed by atoms with Gasteiger partial charge in [-0.2, -0.15) is 0 Å². The number of carbonyl (C=O) groups is 3. The maximum absolute atomic E-state index is 12.7. The zero-order valence-electron chi connectivity index (χ0n) is 18.5. The highest BCUT2D eigenvalue weighted by Crippen LogP contribution is 2.25. The van der Waals surface area contributed by atoms with Gasteiger partial charge in [0.1, 0.15) is 13.2 Å². The van der Waals surface area contributed by atoms with E-state index in [1.54, 1.807) is 72.8 Å². The van der Waals surface area contributed by atoms with Crippen molar-refractivity contribution in [3.63, 3.8) is 0 Å². The molecule has 3 aromatic carbocycles. The second kappa shape index (κ2) is 12.0. The standard InChI is InChI=1S/C25H21Cl2N3O5/c1-35-30-22(16-6-3-2-4-7-16)24(32)29-20(25(33)34)14-15-10-12-17(13-11-15)28-23(31)21-18(26)8-5-9-19(21)27/h2-13,20H,14H2,1H3,(H,28,31)(H,29,32)(H,33,34)/t20-/m0/s1. The van der Waals surface area contributed by atoms with E-state index in [9.17, 15) is 19.5 Å². The molecular weight excluding hydrogens is 493 g/mol. The normalized spacial score (nSPS) is 11.9. The summed E-state index contributed by atoms with van der Waals surface area (Å²) in [5, 5.41) is 19.0. The molecule has 3 N–H and O–H groups in total. The molecule has 0 heterocycles. The van der Waals surface area contributed by atoms with Crippen LogP contribution < -0.4 is 10.6 Å². The van der Waals surface area contributed by atoms with Crippen molar-refractivity contribution in [2.24, 2.45) is 5.16 Å². The molecule has 8 nitrogen and oxygen atoms in total. The summed E-state index contributed by atoms with van der Waals surface area (Å²) in [6.07, 6.45) is 0.000688. The number of carbonyl (C=O) groups excluding carboxylic acids is 2. The molecule has 0 saturated carbocycles. The lowest BCUT2D eigenvalue weighted by Gasteiger charge is -2.16. The number of carboxylic acid groups (broad SMARTS) is 1. The number of benzene rings is 3. The summed E-state index contributed by atoms with van der Waals surface area (Å²) in [5.74, 6) is -2.38. The average Bonchev–Trinajstić information content (AvgIpc) is 2.83. The van der Waals surface area contributed by atoms with Gasteiger partial charge >= 0.3 is 5.97 Å². The van der Waals surface area contributed by atoms with Crippen molar-refractivity contribution in [2.45, 2.75) is 12.5 Å². The lowest BCUT2D eigenvalue weighted by molar-refractivity contribution is -0.141. The Kier molecular flexibility index (Phi) is 8.83. The van der Waals surface area contributed by atoms with Gasteiger partial charge in [0.2, 0.25) is 0 Å². The number of anilines is 1. The summed E-state index contributed by atoms with van der Waals surface area (Å²) in [5.41, 5.74) is 1.67. The van der Waals surface area contributed by atoms with Crippen LogP contribution in [0.5, 0.6) is 0 Å². The van der Waals surface area contributed by atoms with Crippen LogP contribution in [0.2, 0.25) is 10.0 Å². The first-order chi connectivity index (χ1) is 16.8. The van der Waals surface area contributed by atoms with E-state index in [0.717, 1.165) is 0 Å². The SMILES string of the molecule is CON=C(C(=O)N[C@@H](Cc1ccc(NC(=O)c2c(Cl)cccc2Cl)cc1)C(=O)O)c1ccccc1. The Balaban J connectivity index is 1.69. The van der Waals surface area contributed by atoms with Gasteiger partial charge < -0.3 is 20.6 Å². The van der Waals surface area contributed by atoms with Crippen LogP contribution in [0.3, 0.4) is 0 Å². The van der Waals surface area contributed by atoms with Crippen LogP contribution >= 0.6 is 23.2 Å². The van der Waals surface area contributed by atoms with Gasteiger partial charge in [-0.15, -0.1) is 0 Å². The van der Waals surface area contributed by atoms with Crippen LogP contribution in [0, 0.1) is 0 Å². The Hall–Kier alpha value is -3.88. The Morgan fingerprint density at radius 2 is 1.57 bits per heavy atom. The first kappa shape index (κ1) is 25.7. The fourth-order valence-electron chi connectivity index (χ4n) is 3.21. The molecule has 180 valence electrons. The second-order valence-corrected chi connectivity index (χ2v) is 8.12. The summed E-state index contributed by atoms with van der Waals surface area (Å²) in [6, 6.07) is 18.6. The minimum atomic E-state index is -1.23. The number of hydrogen-bond acceptors (Lipinski definition) is 5. The molecule has 0 saturated heterocycles.